The third-order valence-electron chi connectivity index (χ3n) is 2.33. The Labute approximate surface area is 80.0 Å². The highest BCUT2D eigenvalue weighted by Gasteiger charge is 2.20. The van der Waals surface area contributed by atoms with Gasteiger partial charge in [-0.3, -0.25) is 9.36 Å². The van der Waals surface area contributed by atoms with Crippen molar-refractivity contribution in [1.82, 2.24) is 4.57 Å². The summed E-state index contributed by atoms with van der Waals surface area (Å²) in [6, 6.07) is 1.41. The topological polar surface area (TPSA) is 71.3 Å². The molecule has 2 heterocycles. The zero-order valence-corrected chi connectivity index (χ0v) is 7.70. The lowest BCUT2D eigenvalue weighted by Gasteiger charge is -2.07. The van der Waals surface area contributed by atoms with Gasteiger partial charge in [0.25, 0.3) is 5.56 Å². The van der Waals surface area contributed by atoms with Crippen LogP contribution >= 0.6 is 0 Å². The molecule has 74 valence electrons. The molecule has 5 heteroatoms. The number of aromatic carboxylic acids is 1. The van der Waals surface area contributed by atoms with Crippen molar-refractivity contribution < 1.29 is 9.90 Å². The van der Waals surface area contributed by atoms with Crippen LogP contribution in [0, 0.1) is 6.92 Å². The number of rotatable bonds is 1. The number of nitrogens with one attached hydrogen (secondary N) is 1. The van der Waals surface area contributed by atoms with E-state index in [1.165, 1.54) is 10.6 Å². The molecule has 0 unspecified atom stereocenters. The van der Waals surface area contributed by atoms with Crippen LogP contribution in [0.3, 0.4) is 0 Å². The molecular formula is C9H10N2O3. The average molecular weight is 194 g/mol. The maximum atomic E-state index is 11.6. The number of aryl methyl sites for hydroxylation is 1. The highest BCUT2D eigenvalue weighted by atomic mass is 16.4. The second kappa shape index (κ2) is 2.87. The normalized spacial score (nSPS) is 13.5. The van der Waals surface area contributed by atoms with E-state index in [1.54, 1.807) is 6.92 Å². The molecule has 1 aliphatic rings. The molecule has 2 rings (SSSR count). The molecule has 2 N–H and O–H groups in total. The van der Waals surface area contributed by atoms with Crippen molar-refractivity contribution in [1.29, 1.82) is 0 Å². The third kappa shape index (κ3) is 1.09. The molecule has 0 amide bonds. The maximum Gasteiger partial charge on any atom is 0.339 e. The number of anilines is 1. The van der Waals surface area contributed by atoms with Gasteiger partial charge in [-0.05, 0) is 13.0 Å². The van der Waals surface area contributed by atoms with Gasteiger partial charge in [0.2, 0.25) is 0 Å². The van der Waals surface area contributed by atoms with Crippen LogP contribution in [0.2, 0.25) is 0 Å². The van der Waals surface area contributed by atoms with E-state index < -0.39 is 5.97 Å². The van der Waals surface area contributed by atoms with Crippen LogP contribution in [-0.2, 0) is 6.54 Å². The molecule has 5 nitrogen and oxygen atoms in total. The van der Waals surface area contributed by atoms with E-state index in [0.717, 1.165) is 0 Å². The SMILES string of the molecule is Cc1cc(C(=O)O)c2n(c1=O)CCN2. The minimum absolute atomic E-state index is 0.116. The van der Waals surface area contributed by atoms with Gasteiger partial charge in [0.15, 0.2) is 0 Å². The average Bonchev–Trinajstić information content (AvgIpc) is 2.59. The van der Waals surface area contributed by atoms with Crippen LogP contribution in [-0.4, -0.2) is 22.2 Å². The van der Waals surface area contributed by atoms with Crippen molar-refractivity contribution in [3.8, 4) is 0 Å². The van der Waals surface area contributed by atoms with Gasteiger partial charge >= 0.3 is 5.97 Å². The first-order chi connectivity index (χ1) is 6.61. The molecule has 0 aliphatic carbocycles. The Balaban J connectivity index is 2.76. The van der Waals surface area contributed by atoms with E-state index in [1.807, 2.05) is 0 Å². The largest absolute Gasteiger partial charge is 0.478 e. The first-order valence-corrected chi connectivity index (χ1v) is 4.33. The number of pyridine rings is 1. The molecule has 0 spiro atoms. The van der Waals surface area contributed by atoms with Crippen molar-refractivity contribution in [2.45, 2.75) is 13.5 Å². The summed E-state index contributed by atoms with van der Waals surface area (Å²) in [5.74, 6) is -0.584. The van der Waals surface area contributed by atoms with Crippen molar-refractivity contribution in [3.63, 3.8) is 0 Å². The summed E-state index contributed by atoms with van der Waals surface area (Å²) in [5, 5.41) is 11.8. The Kier molecular flexibility index (Phi) is 1.80. The van der Waals surface area contributed by atoms with Gasteiger partial charge in [-0.1, -0.05) is 0 Å². The molecule has 0 saturated heterocycles. The Morgan fingerprint density at radius 2 is 2.36 bits per heavy atom. The quantitative estimate of drug-likeness (QED) is 0.673. The van der Waals surface area contributed by atoms with E-state index in [9.17, 15) is 9.59 Å². The predicted molar refractivity (Wildman–Crippen MR) is 50.9 cm³/mol. The third-order valence-corrected chi connectivity index (χ3v) is 2.33. The number of nitrogens with zero attached hydrogens (tertiary/aromatic N) is 1. The fourth-order valence-electron chi connectivity index (χ4n) is 1.66. The van der Waals surface area contributed by atoms with Crippen molar-refractivity contribution in [3.05, 3.63) is 27.5 Å². The van der Waals surface area contributed by atoms with Crippen LogP contribution in [0.25, 0.3) is 0 Å². The number of hydrogen-bond donors (Lipinski definition) is 2. The van der Waals surface area contributed by atoms with Crippen LogP contribution in [0.5, 0.6) is 0 Å². The summed E-state index contributed by atoms with van der Waals surface area (Å²) >= 11 is 0. The zero-order valence-electron chi connectivity index (χ0n) is 7.70. The molecule has 1 aliphatic heterocycles. The van der Waals surface area contributed by atoms with Crippen LogP contribution < -0.4 is 10.9 Å². The van der Waals surface area contributed by atoms with Gasteiger partial charge in [0, 0.05) is 18.7 Å². The molecule has 0 bridgehead atoms. The summed E-state index contributed by atoms with van der Waals surface area (Å²) in [4.78, 5) is 22.4. The number of carboxylic acid groups (broad SMARTS) is 1. The maximum absolute atomic E-state index is 11.6. The molecule has 1 aromatic heterocycles. The van der Waals surface area contributed by atoms with E-state index in [4.69, 9.17) is 5.11 Å². The number of aromatic nitrogens is 1. The number of hydrogen-bond acceptors (Lipinski definition) is 3. The lowest BCUT2D eigenvalue weighted by Crippen LogP contribution is -2.22. The highest BCUT2D eigenvalue weighted by molar-refractivity contribution is 5.93. The van der Waals surface area contributed by atoms with Crippen molar-refractivity contribution in [2.24, 2.45) is 0 Å². The number of fused-ring (bicyclic) bond motifs is 1. The molecule has 1 aromatic rings. The standard InChI is InChI=1S/C9H10N2O3/c1-5-4-6(9(13)14)7-10-2-3-11(7)8(5)12/h4,10H,2-3H2,1H3,(H,13,14). The summed E-state index contributed by atoms with van der Waals surface area (Å²) in [6.07, 6.45) is 0. The summed E-state index contributed by atoms with van der Waals surface area (Å²) < 4.78 is 1.47. The summed E-state index contributed by atoms with van der Waals surface area (Å²) in [5.41, 5.74) is 0.518. The highest BCUT2D eigenvalue weighted by Crippen LogP contribution is 2.18. The number of carboxylic acids is 1. The minimum Gasteiger partial charge on any atom is -0.478 e. The molecule has 14 heavy (non-hydrogen) atoms. The lowest BCUT2D eigenvalue weighted by atomic mass is 10.2. The monoisotopic (exact) mass is 194 g/mol. The second-order valence-electron chi connectivity index (χ2n) is 3.28. The first-order valence-electron chi connectivity index (χ1n) is 4.33. The Morgan fingerprint density at radius 1 is 1.64 bits per heavy atom. The Hall–Kier alpha value is -1.78. The number of carbonyl (C=O) groups is 1. The summed E-state index contributed by atoms with van der Waals surface area (Å²) in [7, 11) is 0. The molecule has 0 radical (unpaired) electrons. The molecular weight excluding hydrogens is 184 g/mol. The molecule has 0 atom stereocenters. The van der Waals surface area contributed by atoms with E-state index in [2.05, 4.69) is 5.32 Å². The van der Waals surface area contributed by atoms with Gasteiger partial charge in [0.1, 0.15) is 11.4 Å². The predicted octanol–water partition coefficient (Wildman–Crippen LogP) is 0.280. The van der Waals surface area contributed by atoms with Crippen molar-refractivity contribution >= 4 is 11.8 Å². The second-order valence-corrected chi connectivity index (χ2v) is 3.28. The Morgan fingerprint density at radius 3 is 3.00 bits per heavy atom. The van der Waals surface area contributed by atoms with Crippen LogP contribution in [0.1, 0.15) is 15.9 Å². The summed E-state index contributed by atoms with van der Waals surface area (Å²) in [6.45, 7) is 2.77. The minimum atomic E-state index is -1.01. The van der Waals surface area contributed by atoms with E-state index >= 15 is 0 Å². The lowest BCUT2D eigenvalue weighted by molar-refractivity contribution is 0.0697. The van der Waals surface area contributed by atoms with Gasteiger partial charge in [-0.25, -0.2) is 4.79 Å². The van der Waals surface area contributed by atoms with Crippen LogP contribution in [0.15, 0.2) is 10.9 Å². The van der Waals surface area contributed by atoms with Crippen LogP contribution in [0.4, 0.5) is 5.82 Å². The fourth-order valence-corrected chi connectivity index (χ4v) is 1.66. The molecule has 0 aromatic carbocycles. The van der Waals surface area contributed by atoms with Gasteiger partial charge in [-0.15, -0.1) is 0 Å². The van der Waals surface area contributed by atoms with E-state index in [0.29, 0.717) is 24.5 Å². The smallest absolute Gasteiger partial charge is 0.339 e. The first kappa shape index (κ1) is 8.80. The van der Waals surface area contributed by atoms with Crippen molar-refractivity contribution in [2.75, 3.05) is 11.9 Å². The molecule has 0 saturated carbocycles. The van der Waals surface area contributed by atoms with Gasteiger partial charge in [-0.2, -0.15) is 0 Å². The van der Waals surface area contributed by atoms with Gasteiger partial charge < -0.3 is 10.4 Å². The molecule has 0 fully saturated rings. The van der Waals surface area contributed by atoms with E-state index in [-0.39, 0.29) is 11.1 Å². The Bertz CT molecular complexity index is 462. The fraction of sp³-hybridized carbons (Fsp3) is 0.333. The zero-order chi connectivity index (χ0) is 10.3. The van der Waals surface area contributed by atoms with Gasteiger partial charge in [0.05, 0.1) is 0 Å².